The monoisotopic (exact) mass is 303 g/mol. The van der Waals surface area contributed by atoms with Crippen LogP contribution in [-0.4, -0.2) is 23.0 Å². The molecule has 0 heterocycles. The summed E-state index contributed by atoms with van der Waals surface area (Å²) in [6.07, 6.45) is 0.229. The van der Waals surface area contributed by atoms with Crippen LogP contribution in [0.3, 0.4) is 0 Å². The quantitative estimate of drug-likeness (QED) is 0.896. The topological polar surface area (TPSA) is 66.4 Å². The molecule has 0 unspecified atom stereocenters. The van der Waals surface area contributed by atoms with Crippen LogP contribution in [-0.2, 0) is 4.79 Å². The van der Waals surface area contributed by atoms with Gasteiger partial charge in [0, 0.05) is 4.47 Å². The van der Waals surface area contributed by atoms with E-state index in [0.29, 0.717) is 0 Å². The Morgan fingerprint density at radius 1 is 1.53 bits per heavy atom. The molecule has 0 saturated carbocycles. The molecule has 0 radical (unpaired) electrons. The lowest BCUT2D eigenvalue weighted by molar-refractivity contribution is -0.139. The second-order valence-corrected chi connectivity index (χ2v) is 4.22. The van der Waals surface area contributed by atoms with Gasteiger partial charge in [-0.1, -0.05) is 13.0 Å². The highest BCUT2D eigenvalue weighted by Crippen LogP contribution is 2.19. The molecule has 1 aromatic carbocycles. The predicted molar refractivity (Wildman–Crippen MR) is 63.3 cm³/mol. The number of rotatable bonds is 4. The van der Waals surface area contributed by atoms with E-state index in [1.165, 1.54) is 12.1 Å². The van der Waals surface area contributed by atoms with Crippen LogP contribution in [0.1, 0.15) is 23.7 Å². The number of hydrogen-bond donors (Lipinski definition) is 2. The van der Waals surface area contributed by atoms with E-state index in [0.717, 1.165) is 6.07 Å². The molecule has 2 N–H and O–H groups in total. The Morgan fingerprint density at radius 2 is 2.18 bits per heavy atom. The number of halogens is 2. The first-order valence-electron chi connectivity index (χ1n) is 4.95. The van der Waals surface area contributed by atoms with E-state index < -0.39 is 23.7 Å². The van der Waals surface area contributed by atoms with Crippen LogP contribution >= 0.6 is 15.9 Å². The van der Waals surface area contributed by atoms with Crippen molar-refractivity contribution in [2.24, 2.45) is 0 Å². The molecule has 0 fully saturated rings. The lowest BCUT2D eigenvalue weighted by atomic mass is 10.1. The molecule has 0 bridgehead atoms. The number of hydrogen-bond acceptors (Lipinski definition) is 2. The maximum absolute atomic E-state index is 13.4. The van der Waals surface area contributed by atoms with Crippen LogP contribution in [0.25, 0.3) is 0 Å². The molecule has 0 aromatic heterocycles. The summed E-state index contributed by atoms with van der Waals surface area (Å²) in [5.74, 6) is -2.59. The number of carbonyl (C=O) groups excluding carboxylic acids is 1. The molecule has 0 saturated heterocycles. The zero-order chi connectivity index (χ0) is 13.0. The third kappa shape index (κ3) is 3.26. The normalized spacial score (nSPS) is 11.9. The van der Waals surface area contributed by atoms with E-state index >= 15 is 0 Å². The summed E-state index contributed by atoms with van der Waals surface area (Å²) in [6, 6.07) is 3.08. The van der Waals surface area contributed by atoms with Gasteiger partial charge in [-0.15, -0.1) is 0 Å². The Labute approximate surface area is 106 Å². The van der Waals surface area contributed by atoms with E-state index in [1.54, 1.807) is 6.92 Å². The summed E-state index contributed by atoms with van der Waals surface area (Å²) in [5, 5.41) is 11.0. The van der Waals surface area contributed by atoms with Crippen molar-refractivity contribution < 1.29 is 19.1 Å². The summed E-state index contributed by atoms with van der Waals surface area (Å²) in [5.41, 5.74) is -0.188. The van der Waals surface area contributed by atoms with Crippen molar-refractivity contribution in [2.75, 3.05) is 0 Å². The summed E-state index contributed by atoms with van der Waals surface area (Å²) in [6.45, 7) is 1.62. The van der Waals surface area contributed by atoms with Crippen molar-refractivity contribution in [1.82, 2.24) is 5.32 Å². The molecular weight excluding hydrogens is 293 g/mol. The zero-order valence-electron chi connectivity index (χ0n) is 9.04. The van der Waals surface area contributed by atoms with E-state index in [9.17, 15) is 14.0 Å². The second-order valence-electron chi connectivity index (χ2n) is 3.37. The van der Waals surface area contributed by atoms with Crippen LogP contribution in [0.5, 0.6) is 0 Å². The van der Waals surface area contributed by atoms with Crippen molar-refractivity contribution in [3.63, 3.8) is 0 Å². The van der Waals surface area contributed by atoms with Gasteiger partial charge in [0.05, 0.1) is 5.56 Å². The summed E-state index contributed by atoms with van der Waals surface area (Å²) in [7, 11) is 0. The molecule has 0 aliphatic carbocycles. The number of carbonyl (C=O) groups is 2. The van der Waals surface area contributed by atoms with E-state index in [4.69, 9.17) is 5.11 Å². The number of carboxylic acids is 1. The smallest absolute Gasteiger partial charge is 0.326 e. The summed E-state index contributed by atoms with van der Waals surface area (Å²) < 4.78 is 13.7. The van der Waals surface area contributed by atoms with E-state index in [1.807, 2.05) is 0 Å². The van der Waals surface area contributed by atoms with E-state index in [2.05, 4.69) is 21.2 Å². The van der Waals surface area contributed by atoms with Gasteiger partial charge >= 0.3 is 5.97 Å². The number of benzene rings is 1. The van der Waals surface area contributed by atoms with Crippen LogP contribution in [0.4, 0.5) is 4.39 Å². The SMILES string of the molecule is CC[C@H](NC(=O)c1c(F)cccc1Br)C(=O)O. The Bertz CT molecular complexity index is 430. The van der Waals surface area contributed by atoms with Gasteiger partial charge in [-0.05, 0) is 34.5 Å². The highest BCUT2D eigenvalue weighted by molar-refractivity contribution is 9.10. The highest BCUT2D eigenvalue weighted by Gasteiger charge is 2.22. The maximum Gasteiger partial charge on any atom is 0.326 e. The number of nitrogens with one attached hydrogen (secondary N) is 1. The number of amides is 1. The molecule has 1 aromatic rings. The van der Waals surface area contributed by atoms with E-state index in [-0.39, 0.29) is 16.5 Å². The second kappa shape index (κ2) is 5.77. The molecule has 1 amide bonds. The molecular formula is C11H11BrFNO3. The van der Waals surface area contributed by atoms with Gasteiger partial charge in [0.25, 0.3) is 5.91 Å². The van der Waals surface area contributed by atoms with Crippen molar-refractivity contribution in [3.8, 4) is 0 Å². The maximum atomic E-state index is 13.4. The van der Waals surface area contributed by atoms with Gasteiger partial charge in [-0.3, -0.25) is 4.79 Å². The first kappa shape index (κ1) is 13.6. The Kier molecular flexibility index (Phi) is 4.62. The standard InChI is InChI=1S/C11H11BrFNO3/c1-2-8(11(16)17)14-10(15)9-6(12)4-3-5-7(9)13/h3-5,8H,2H2,1H3,(H,14,15)(H,16,17)/t8-/m0/s1. The van der Waals surface area contributed by atoms with Crippen LogP contribution in [0, 0.1) is 5.82 Å². The van der Waals surface area contributed by atoms with Crippen LogP contribution in [0.15, 0.2) is 22.7 Å². The third-order valence-corrected chi connectivity index (χ3v) is 2.86. The number of carboxylic acid groups (broad SMARTS) is 1. The lowest BCUT2D eigenvalue weighted by Crippen LogP contribution is -2.40. The molecule has 1 atom stereocenters. The van der Waals surface area contributed by atoms with Gasteiger partial charge in [-0.25, -0.2) is 9.18 Å². The Morgan fingerprint density at radius 3 is 2.65 bits per heavy atom. The summed E-state index contributed by atoms with van der Waals surface area (Å²) >= 11 is 3.05. The van der Waals surface area contributed by atoms with Gasteiger partial charge in [-0.2, -0.15) is 0 Å². The molecule has 0 spiro atoms. The largest absolute Gasteiger partial charge is 0.480 e. The molecule has 92 valence electrons. The van der Waals surface area contributed by atoms with Crippen molar-refractivity contribution in [1.29, 1.82) is 0 Å². The summed E-state index contributed by atoms with van der Waals surface area (Å²) in [4.78, 5) is 22.5. The van der Waals surface area contributed by atoms with Gasteiger partial charge in [0.1, 0.15) is 11.9 Å². The average Bonchev–Trinajstić information content (AvgIpc) is 2.25. The molecule has 0 aliphatic heterocycles. The van der Waals surface area contributed by atoms with Crippen LogP contribution < -0.4 is 5.32 Å². The third-order valence-electron chi connectivity index (χ3n) is 2.20. The number of aliphatic carboxylic acids is 1. The minimum absolute atomic E-state index is 0.188. The minimum Gasteiger partial charge on any atom is -0.480 e. The molecule has 4 nitrogen and oxygen atoms in total. The Balaban J connectivity index is 2.94. The minimum atomic E-state index is -1.15. The van der Waals surface area contributed by atoms with Gasteiger partial charge < -0.3 is 10.4 Å². The first-order valence-corrected chi connectivity index (χ1v) is 5.74. The Hall–Kier alpha value is -1.43. The lowest BCUT2D eigenvalue weighted by Gasteiger charge is -2.13. The van der Waals surface area contributed by atoms with Crippen molar-refractivity contribution >= 4 is 27.8 Å². The van der Waals surface area contributed by atoms with Gasteiger partial charge in [0.2, 0.25) is 0 Å². The van der Waals surface area contributed by atoms with Crippen LogP contribution in [0.2, 0.25) is 0 Å². The molecule has 1 rings (SSSR count). The zero-order valence-corrected chi connectivity index (χ0v) is 10.6. The fourth-order valence-electron chi connectivity index (χ4n) is 1.28. The fraction of sp³-hybridized carbons (Fsp3) is 0.273. The predicted octanol–water partition coefficient (Wildman–Crippen LogP) is 2.18. The molecule has 6 heteroatoms. The van der Waals surface area contributed by atoms with Gasteiger partial charge in [0.15, 0.2) is 0 Å². The average molecular weight is 304 g/mol. The molecule has 0 aliphatic rings. The highest BCUT2D eigenvalue weighted by atomic mass is 79.9. The van der Waals surface area contributed by atoms with Crippen molar-refractivity contribution in [2.45, 2.75) is 19.4 Å². The van der Waals surface area contributed by atoms with Crippen molar-refractivity contribution in [3.05, 3.63) is 34.1 Å². The fourth-order valence-corrected chi connectivity index (χ4v) is 1.81. The first-order chi connectivity index (χ1) is 7.97. The molecule has 17 heavy (non-hydrogen) atoms.